The Bertz CT molecular complexity index is 1080. The maximum Gasteiger partial charge on any atom is 0.486 e. The lowest BCUT2D eigenvalue weighted by atomic mass is 9.90. The lowest BCUT2D eigenvalue weighted by Gasteiger charge is -2.32. The predicted octanol–water partition coefficient (Wildman–Crippen LogP) is 4.93. The standard InChI is InChI=1S/C8H15BO2.C8H7ClN2O2.C6H4Cl2N2O2/c1-6-9-10-7(2,3)8(4,5)11-9;1-3-5-4-6(7(12)13-2)11-8(9)10-5;1-12-5(11)3-2-4(7)10-6(8)9-3/h6H,1H2,2-5H3;3-4H,1H2,2H3;2H,1H3. The molecule has 10 nitrogen and oxygen atoms in total. The fraction of sp³-hybridized carbons (Fsp3) is 0.364. The molecule has 0 amide bonds. The van der Waals surface area contributed by atoms with Crippen molar-refractivity contribution in [3.05, 3.63) is 64.1 Å². The van der Waals surface area contributed by atoms with E-state index in [1.165, 1.54) is 32.4 Å². The lowest BCUT2D eigenvalue weighted by Crippen LogP contribution is -2.41. The largest absolute Gasteiger partial charge is 0.486 e. The van der Waals surface area contributed by atoms with Crippen molar-refractivity contribution in [2.75, 3.05) is 14.2 Å². The summed E-state index contributed by atoms with van der Waals surface area (Å²) in [6, 6.07) is 2.73. The summed E-state index contributed by atoms with van der Waals surface area (Å²) >= 11 is 16.5. The summed E-state index contributed by atoms with van der Waals surface area (Å²) in [5.74, 6) is 0.532. The van der Waals surface area contributed by atoms with E-state index in [1.54, 1.807) is 5.98 Å². The molecule has 0 N–H and O–H groups in total. The number of rotatable bonds is 4. The fourth-order valence-electron chi connectivity index (χ4n) is 2.33. The van der Waals surface area contributed by atoms with Crippen LogP contribution in [0.25, 0.3) is 6.08 Å². The van der Waals surface area contributed by atoms with Crippen LogP contribution in [0.15, 0.2) is 31.3 Å². The van der Waals surface area contributed by atoms with E-state index in [0.717, 1.165) is 0 Å². The molecule has 0 aromatic carbocycles. The molecule has 1 aliphatic heterocycles. The highest BCUT2D eigenvalue weighted by molar-refractivity contribution is 6.51. The molecule has 0 atom stereocenters. The highest BCUT2D eigenvalue weighted by atomic mass is 35.5. The van der Waals surface area contributed by atoms with Gasteiger partial charge in [0.1, 0.15) is 5.15 Å². The lowest BCUT2D eigenvalue weighted by molar-refractivity contribution is 0.00578. The number of hydrogen-bond acceptors (Lipinski definition) is 10. The van der Waals surface area contributed by atoms with E-state index in [9.17, 15) is 9.59 Å². The number of hydrogen-bond donors (Lipinski definition) is 0. The summed E-state index contributed by atoms with van der Waals surface area (Å²) in [4.78, 5) is 36.6. The number of esters is 2. The molecule has 0 spiro atoms. The SMILES string of the molecule is C=CB1OC(C)(C)C(C)(C)O1.C=Cc1cc(C(=O)OC)nc(Cl)n1.COC(=O)c1cc(Cl)nc(Cl)n1. The molecule has 0 unspecified atom stereocenters. The Morgan fingerprint density at radius 3 is 1.67 bits per heavy atom. The van der Waals surface area contributed by atoms with Gasteiger partial charge < -0.3 is 18.8 Å². The monoisotopic (exact) mass is 558 g/mol. The molecule has 0 aliphatic carbocycles. The fourth-order valence-corrected chi connectivity index (χ4v) is 2.93. The van der Waals surface area contributed by atoms with Gasteiger partial charge in [-0.1, -0.05) is 24.2 Å². The molecule has 3 heterocycles. The molecule has 2 aromatic heterocycles. The molecule has 2 aromatic rings. The number of nitrogens with zero attached hydrogens (tertiary/aromatic N) is 4. The number of carbonyl (C=O) groups excluding carboxylic acids is 2. The normalized spacial score (nSPS) is 14.9. The minimum absolute atomic E-state index is 0.00204. The summed E-state index contributed by atoms with van der Waals surface area (Å²) < 4.78 is 20.0. The van der Waals surface area contributed by atoms with Crippen molar-refractivity contribution >= 4 is 59.9 Å². The van der Waals surface area contributed by atoms with Crippen molar-refractivity contribution in [2.24, 2.45) is 0 Å². The van der Waals surface area contributed by atoms with Crippen molar-refractivity contribution in [1.29, 1.82) is 0 Å². The van der Waals surface area contributed by atoms with Crippen molar-refractivity contribution in [1.82, 2.24) is 19.9 Å². The second-order valence-corrected chi connectivity index (χ2v) is 8.90. The van der Waals surface area contributed by atoms with Gasteiger partial charge in [-0.15, -0.1) is 6.58 Å². The molecule has 14 heteroatoms. The topological polar surface area (TPSA) is 123 Å². The van der Waals surface area contributed by atoms with Crippen LogP contribution in [0, 0.1) is 0 Å². The number of methoxy groups -OCH3 is 2. The summed E-state index contributed by atoms with van der Waals surface area (Å²) in [6.45, 7) is 15.2. The first-order valence-electron chi connectivity index (χ1n) is 10.2. The third-order valence-corrected chi connectivity index (χ3v) is 5.38. The molecule has 1 fully saturated rings. The number of carbonyl (C=O) groups is 2. The highest BCUT2D eigenvalue weighted by Gasteiger charge is 2.49. The van der Waals surface area contributed by atoms with Gasteiger partial charge in [0, 0.05) is 6.07 Å². The van der Waals surface area contributed by atoms with E-state index in [-0.39, 0.29) is 45.4 Å². The van der Waals surface area contributed by atoms with Crippen LogP contribution < -0.4 is 0 Å². The van der Waals surface area contributed by atoms with Crippen molar-refractivity contribution in [2.45, 2.75) is 38.9 Å². The summed E-state index contributed by atoms with van der Waals surface area (Å²) in [5, 5.41) is 0.0242. The average molecular weight is 560 g/mol. The Kier molecular flexibility index (Phi) is 11.9. The third-order valence-electron chi connectivity index (χ3n) is 4.85. The Balaban J connectivity index is 0.000000271. The first kappa shape index (κ1) is 31.5. The molecule has 0 saturated carbocycles. The van der Waals surface area contributed by atoms with Crippen molar-refractivity contribution in [3.8, 4) is 0 Å². The molecule has 194 valence electrons. The van der Waals surface area contributed by atoms with Crippen LogP contribution in [0.1, 0.15) is 54.4 Å². The Labute approximate surface area is 225 Å². The third kappa shape index (κ3) is 9.14. The van der Waals surface area contributed by atoms with E-state index in [1.807, 2.05) is 27.7 Å². The van der Waals surface area contributed by atoms with Crippen LogP contribution in [0.5, 0.6) is 0 Å². The zero-order valence-electron chi connectivity index (χ0n) is 20.7. The minimum Gasteiger partial charge on any atom is -0.464 e. The highest BCUT2D eigenvalue weighted by Crippen LogP contribution is 2.36. The maximum absolute atomic E-state index is 11.0. The Morgan fingerprint density at radius 2 is 1.31 bits per heavy atom. The second-order valence-electron chi connectivity index (χ2n) is 7.84. The zero-order chi connectivity index (χ0) is 27.7. The van der Waals surface area contributed by atoms with Gasteiger partial charge >= 0.3 is 19.1 Å². The number of halogens is 3. The van der Waals surface area contributed by atoms with Gasteiger partial charge in [-0.25, -0.2) is 29.5 Å². The van der Waals surface area contributed by atoms with Crippen LogP contribution in [-0.2, 0) is 18.8 Å². The van der Waals surface area contributed by atoms with Gasteiger partial charge in [-0.05, 0) is 63.0 Å². The van der Waals surface area contributed by atoms with Crippen LogP contribution >= 0.6 is 34.8 Å². The van der Waals surface area contributed by atoms with Gasteiger partial charge in [-0.3, -0.25) is 0 Å². The van der Waals surface area contributed by atoms with E-state index >= 15 is 0 Å². The smallest absolute Gasteiger partial charge is 0.464 e. The second kappa shape index (κ2) is 13.7. The minimum atomic E-state index is -0.596. The van der Waals surface area contributed by atoms with Crippen molar-refractivity contribution < 1.29 is 28.4 Å². The van der Waals surface area contributed by atoms with E-state index < -0.39 is 11.9 Å². The van der Waals surface area contributed by atoms with Gasteiger partial charge in [0.2, 0.25) is 10.6 Å². The first-order chi connectivity index (χ1) is 16.7. The molecule has 1 aliphatic rings. The molecule has 0 radical (unpaired) electrons. The molecule has 1 saturated heterocycles. The van der Waals surface area contributed by atoms with Crippen LogP contribution in [0.2, 0.25) is 15.7 Å². The Morgan fingerprint density at radius 1 is 0.861 bits per heavy atom. The maximum atomic E-state index is 11.0. The summed E-state index contributed by atoms with van der Waals surface area (Å²) in [7, 11) is 2.26. The van der Waals surface area contributed by atoms with Gasteiger partial charge in [0.25, 0.3) is 0 Å². The molecule has 36 heavy (non-hydrogen) atoms. The van der Waals surface area contributed by atoms with Gasteiger partial charge in [0.15, 0.2) is 11.4 Å². The molecular weight excluding hydrogens is 533 g/mol. The number of ether oxygens (including phenoxy) is 2. The molecule has 0 bridgehead atoms. The van der Waals surface area contributed by atoms with E-state index in [4.69, 9.17) is 44.1 Å². The van der Waals surface area contributed by atoms with Crippen LogP contribution in [0.3, 0.4) is 0 Å². The van der Waals surface area contributed by atoms with Crippen LogP contribution in [-0.4, -0.2) is 64.4 Å². The number of aromatic nitrogens is 4. The predicted molar refractivity (Wildman–Crippen MR) is 138 cm³/mol. The molecular formula is C22H26BCl3N4O6. The van der Waals surface area contributed by atoms with Crippen LogP contribution in [0.4, 0.5) is 0 Å². The molecule has 3 rings (SSSR count). The van der Waals surface area contributed by atoms with Gasteiger partial charge in [0.05, 0.1) is 31.1 Å². The van der Waals surface area contributed by atoms with E-state index in [0.29, 0.717) is 5.69 Å². The van der Waals surface area contributed by atoms with Gasteiger partial charge in [-0.2, -0.15) is 0 Å². The van der Waals surface area contributed by atoms with E-state index in [2.05, 4.69) is 42.6 Å². The first-order valence-corrected chi connectivity index (χ1v) is 11.3. The average Bonchev–Trinajstić information content (AvgIpc) is 3.03. The Hall–Kier alpha value is -2.57. The quantitative estimate of drug-likeness (QED) is 0.220. The van der Waals surface area contributed by atoms with Crippen molar-refractivity contribution in [3.63, 3.8) is 0 Å². The summed E-state index contributed by atoms with van der Waals surface area (Å²) in [5.41, 5.74) is 0.192. The zero-order valence-corrected chi connectivity index (χ0v) is 22.9. The summed E-state index contributed by atoms with van der Waals surface area (Å²) in [6.07, 6.45) is 1.47.